The van der Waals surface area contributed by atoms with E-state index < -0.39 is 0 Å². The summed E-state index contributed by atoms with van der Waals surface area (Å²) >= 11 is 3.52. The van der Waals surface area contributed by atoms with Gasteiger partial charge < -0.3 is 10.1 Å². The van der Waals surface area contributed by atoms with Gasteiger partial charge in [0.2, 0.25) is 0 Å². The second-order valence-electron chi connectivity index (χ2n) is 4.34. The Hall–Kier alpha value is -1.65. The lowest BCUT2D eigenvalue weighted by atomic mass is 10.1. The molecule has 104 valence electrons. The zero-order valence-electron chi connectivity index (χ0n) is 11.2. The number of rotatable bonds is 5. The highest BCUT2D eigenvalue weighted by Crippen LogP contribution is 2.16. The van der Waals surface area contributed by atoms with Crippen LogP contribution in [0.2, 0.25) is 0 Å². The highest BCUT2D eigenvalue weighted by atomic mass is 79.9. The molecule has 0 fully saturated rings. The van der Waals surface area contributed by atoms with Gasteiger partial charge in [-0.05, 0) is 23.3 Å². The van der Waals surface area contributed by atoms with Crippen LogP contribution in [-0.2, 0) is 17.8 Å². The first-order valence-electron chi connectivity index (χ1n) is 6.32. The van der Waals surface area contributed by atoms with Gasteiger partial charge >= 0.3 is 5.97 Å². The SMILES string of the molecule is COC(=O)c1ccccc1CNCc1ccccc1Br. The fourth-order valence-electron chi connectivity index (χ4n) is 1.96. The number of nitrogens with one attached hydrogen (secondary N) is 1. The highest BCUT2D eigenvalue weighted by molar-refractivity contribution is 9.10. The topological polar surface area (TPSA) is 38.3 Å². The molecular weight excluding hydrogens is 318 g/mol. The number of hydrogen-bond acceptors (Lipinski definition) is 3. The first-order valence-corrected chi connectivity index (χ1v) is 7.12. The second-order valence-corrected chi connectivity index (χ2v) is 5.20. The molecule has 0 saturated carbocycles. The van der Waals surface area contributed by atoms with Gasteiger partial charge in [-0.15, -0.1) is 0 Å². The first kappa shape index (κ1) is 14.8. The number of carbonyl (C=O) groups excluding carboxylic acids is 1. The predicted octanol–water partition coefficient (Wildman–Crippen LogP) is 3.53. The van der Waals surface area contributed by atoms with Crippen molar-refractivity contribution in [2.24, 2.45) is 0 Å². The standard InChI is InChI=1S/C16H16BrNO2/c1-20-16(19)14-8-4-2-6-12(14)10-18-11-13-7-3-5-9-15(13)17/h2-9,18H,10-11H2,1H3. The molecule has 0 aromatic heterocycles. The zero-order valence-corrected chi connectivity index (χ0v) is 12.8. The fraction of sp³-hybridized carbons (Fsp3) is 0.188. The van der Waals surface area contributed by atoms with Gasteiger partial charge in [0.1, 0.15) is 0 Å². The largest absolute Gasteiger partial charge is 0.465 e. The van der Waals surface area contributed by atoms with Gasteiger partial charge in [0.25, 0.3) is 0 Å². The van der Waals surface area contributed by atoms with Crippen LogP contribution < -0.4 is 5.32 Å². The van der Waals surface area contributed by atoms with Crippen molar-refractivity contribution in [3.63, 3.8) is 0 Å². The monoisotopic (exact) mass is 333 g/mol. The van der Waals surface area contributed by atoms with Crippen LogP contribution in [0, 0.1) is 0 Å². The second kappa shape index (κ2) is 7.22. The molecule has 0 aliphatic rings. The van der Waals surface area contributed by atoms with Gasteiger partial charge in [0.05, 0.1) is 12.7 Å². The number of methoxy groups -OCH3 is 1. The smallest absolute Gasteiger partial charge is 0.338 e. The lowest BCUT2D eigenvalue weighted by Gasteiger charge is -2.10. The predicted molar refractivity (Wildman–Crippen MR) is 82.5 cm³/mol. The molecular formula is C16H16BrNO2. The first-order chi connectivity index (χ1) is 9.72. The Kier molecular flexibility index (Phi) is 5.32. The molecule has 2 aromatic carbocycles. The molecule has 4 heteroatoms. The average Bonchev–Trinajstić information content (AvgIpc) is 2.49. The number of hydrogen-bond donors (Lipinski definition) is 1. The third kappa shape index (κ3) is 3.68. The van der Waals surface area contributed by atoms with Crippen LogP contribution in [0.1, 0.15) is 21.5 Å². The Balaban J connectivity index is 2.01. The molecule has 2 aromatic rings. The van der Waals surface area contributed by atoms with Gasteiger partial charge in [-0.2, -0.15) is 0 Å². The number of ether oxygens (including phenoxy) is 1. The summed E-state index contributed by atoms with van der Waals surface area (Å²) in [5.41, 5.74) is 2.73. The van der Waals surface area contributed by atoms with Crippen molar-refractivity contribution < 1.29 is 9.53 Å². The van der Waals surface area contributed by atoms with E-state index in [9.17, 15) is 4.79 Å². The molecule has 0 heterocycles. The summed E-state index contributed by atoms with van der Waals surface area (Å²) in [6.07, 6.45) is 0. The molecule has 0 aliphatic carbocycles. The third-order valence-corrected chi connectivity index (χ3v) is 3.79. The van der Waals surface area contributed by atoms with Crippen LogP contribution in [0.3, 0.4) is 0 Å². The van der Waals surface area contributed by atoms with E-state index in [4.69, 9.17) is 4.74 Å². The molecule has 1 N–H and O–H groups in total. The van der Waals surface area contributed by atoms with Crippen molar-refractivity contribution in [1.82, 2.24) is 5.32 Å². The van der Waals surface area contributed by atoms with Crippen LogP contribution in [0.15, 0.2) is 53.0 Å². The van der Waals surface area contributed by atoms with Gasteiger partial charge in [-0.25, -0.2) is 4.79 Å². The Labute approximate surface area is 127 Å². The van der Waals surface area contributed by atoms with Crippen LogP contribution in [0.5, 0.6) is 0 Å². The van der Waals surface area contributed by atoms with Crippen molar-refractivity contribution in [3.8, 4) is 0 Å². The minimum absolute atomic E-state index is 0.303. The summed E-state index contributed by atoms with van der Waals surface area (Å²) in [6, 6.07) is 15.5. The van der Waals surface area contributed by atoms with Gasteiger partial charge in [0.15, 0.2) is 0 Å². The van der Waals surface area contributed by atoms with E-state index in [2.05, 4.69) is 27.3 Å². The van der Waals surface area contributed by atoms with E-state index in [0.29, 0.717) is 12.1 Å². The Bertz CT molecular complexity index is 599. The van der Waals surface area contributed by atoms with Crippen molar-refractivity contribution >= 4 is 21.9 Å². The van der Waals surface area contributed by atoms with Crippen LogP contribution in [-0.4, -0.2) is 13.1 Å². The lowest BCUT2D eigenvalue weighted by Crippen LogP contribution is -2.16. The van der Waals surface area contributed by atoms with Crippen molar-refractivity contribution in [1.29, 1.82) is 0 Å². The molecule has 0 bridgehead atoms. The van der Waals surface area contributed by atoms with E-state index in [0.717, 1.165) is 16.6 Å². The van der Waals surface area contributed by atoms with E-state index in [-0.39, 0.29) is 5.97 Å². The van der Waals surface area contributed by atoms with Gasteiger partial charge in [-0.3, -0.25) is 0 Å². The van der Waals surface area contributed by atoms with Crippen molar-refractivity contribution in [2.75, 3.05) is 7.11 Å². The molecule has 0 saturated heterocycles. The molecule has 0 amide bonds. The molecule has 20 heavy (non-hydrogen) atoms. The van der Waals surface area contributed by atoms with Crippen LogP contribution >= 0.6 is 15.9 Å². The highest BCUT2D eigenvalue weighted by Gasteiger charge is 2.10. The summed E-state index contributed by atoms with van der Waals surface area (Å²) in [5, 5.41) is 3.34. The van der Waals surface area contributed by atoms with E-state index in [1.807, 2.05) is 36.4 Å². The lowest BCUT2D eigenvalue weighted by molar-refractivity contribution is 0.0599. The Morgan fingerprint density at radius 2 is 1.65 bits per heavy atom. The summed E-state index contributed by atoms with van der Waals surface area (Å²) in [4.78, 5) is 11.7. The van der Waals surface area contributed by atoms with Gasteiger partial charge in [-0.1, -0.05) is 52.3 Å². The third-order valence-electron chi connectivity index (χ3n) is 3.01. The summed E-state index contributed by atoms with van der Waals surface area (Å²) in [5.74, 6) is -0.303. The number of halogens is 1. The summed E-state index contributed by atoms with van der Waals surface area (Å²) in [6.45, 7) is 1.35. The van der Waals surface area contributed by atoms with Gasteiger partial charge in [0, 0.05) is 17.6 Å². The molecule has 0 spiro atoms. The maximum atomic E-state index is 11.7. The number of carbonyl (C=O) groups is 1. The molecule has 2 rings (SSSR count). The van der Waals surface area contributed by atoms with Crippen molar-refractivity contribution in [3.05, 3.63) is 69.7 Å². The van der Waals surface area contributed by atoms with E-state index in [1.54, 1.807) is 6.07 Å². The molecule has 0 unspecified atom stereocenters. The quantitative estimate of drug-likeness (QED) is 0.850. The number of esters is 1. The minimum atomic E-state index is -0.303. The summed E-state index contributed by atoms with van der Waals surface area (Å²) in [7, 11) is 1.40. The fourth-order valence-corrected chi connectivity index (χ4v) is 2.38. The Morgan fingerprint density at radius 1 is 1.05 bits per heavy atom. The van der Waals surface area contributed by atoms with Crippen LogP contribution in [0.4, 0.5) is 0 Å². The van der Waals surface area contributed by atoms with E-state index in [1.165, 1.54) is 12.7 Å². The molecule has 3 nitrogen and oxygen atoms in total. The minimum Gasteiger partial charge on any atom is -0.465 e. The molecule has 0 atom stereocenters. The average molecular weight is 334 g/mol. The maximum absolute atomic E-state index is 11.7. The van der Waals surface area contributed by atoms with E-state index >= 15 is 0 Å². The molecule has 0 aliphatic heterocycles. The number of benzene rings is 2. The maximum Gasteiger partial charge on any atom is 0.338 e. The van der Waals surface area contributed by atoms with Crippen molar-refractivity contribution in [2.45, 2.75) is 13.1 Å². The summed E-state index contributed by atoms with van der Waals surface area (Å²) < 4.78 is 5.86. The Morgan fingerprint density at radius 3 is 2.35 bits per heavy atom. The zero-order chi connectivity index (χ0) is 14.4. The molecule has 0 radical (unpaired) electrons. The normalized spacial score (nSPS) is 10.3. The van der Waals surface area contributed by atoms with Crippen LogP contribution in [0.25, 0.3) is 0 Å².